The van der Waals surface area contributed by atoms with Crippen molar-refractivity contribution in [1.82, 2.24) is 5.32 Å². The van der Waals surface area contributed by atoms with Crippen molar-refractivity contribution in [2.75, 3.05) is 25.0 Å². The van der Waals surface area contributed by atoms with E-state index in [1.54, 1.807) is 0 Å². The van der Waals surface area contributed by atoms with Crippen LogP contribution in [0.4, 0.5) is 5.69 Å². The Bertz CT molecular complexity index is 474. The molecule has 1 aliphatic heterocycles. The zero-order chi connectivity index (χ0) is 14.5. The number of carbonyl (C=O) groups excluding carboxylic acids is 1. The van der Waals surface area contributed by atoms with E-state index >= 15 is 0 Å². The van der Waals surface area contributed by atoms with Crippen LogP contribution < -0.4 is 15.4 Å². The van der Waals surface area contributed by atoms with Gasteiger partial charge in [-0.15, -0.1) is 0 Å². The van der Waals surface area contributed by atoms with Crippen molar-refractivity contribution in [3.05, 3.63) is 23.8 Å². The molecular formula is C16H24N2O2. The lowest BCUT2D eigenvalue weighted by molar-refractivity contribution is -0.120. The maximum Gasteiger partial charge on any atom is 0.229 e. The van der Waals surface area contributed by atoms with Crippen LogP contribution in [0.1, 0.15) is 25.8 Å². The smallest absolute Gasteiger partial charge is 0.229 e. The van der Waals surface area contributed by atoms with Crippen LogP contribution in [0.25, 0.3) is 0 Å². The van der Waals surface area contributed by atoms with Gasteiger partial charge < -0.3 is 15.4 Å². The maximum absolute atomic E-state index is 12.3. The number of ether oxygens (including phenoxy) is 1. The molecule has 2 N–H and O–H groups in total. The molecule has 2 atom stereocenters. The van der Waals surface area contributed by atoms with Gasteiger partial charge in [-0.25, -0.2) is 0 Å². The standard InChI is InChI=1S/C16H24N2O2/c1-4-7-20-15-8-11(2)5-6-14(15)18-16(19)13-10-17-9-12(13)3/h5-6,8,12-13,17H,4,7,9-10H2,1-3H3,(H,18,19)/t12-,13-/m1/s1. The number of nitrogens with one attached hydrogen (secondary N) is 2. The number of hydrogen-bond donors (Lipinski definition) is 2. The van der Waals surface area contributed by atoms with E-state index in [9.17, 15) is 4.79 Å². The summed E-state index contributed by atoms with van der Waals surface area (Å²) in [6, 6.07) is 5.89. The van der Waals surface area contributed by atoms with Crippen molar-refractivity contribution in [3.8, 4) is 5.75 Å². The van der Waals surface area contributed by atoms with Crippen molar-refractivity contribution in [3.63, 3.8) is 0 Å². The van der Waals surface area contributed by atoms with Gasteiger partial charge in [-0.05, 0) is 43.5 Å². The number of carbonyl (C=O) groups is 1. The molecule has 0 spiro atoms. The number of hydrogen-bond acceptors (Lipinski definition) is 3. The highest BCUT2D eigenvalue weighted by molar-refractivity contribution is 5.94. The maximum atomic E-state index is 12.3. The van der Waals surface area contributed by atoms with E-state index in [-0.39, 0.29) is 11.8 Å². The van der Waals surface area contributed by atoms with Gasteiger partial charge >= 0.3 is 0 Å². The van der Waals surface area contributed by atoms with Gasteiger partial charge in [0.1, 0.15) is 5.75 Å². The fourth-order valence-electron chi connectivity index (χ4n) is 2.45. The lowest BCUT2D eigenvalue weighted by Gasteiger charge is -2.17. The van der Waals surface area contributed by atoms with Gasteiger partial charge in [-0.1, -0.05) is 19.9 Å². The molecular weight excluding hydrogens is 252 g/mol. The van der Waals surface area contributed by atoms with Crippen LogP contribution in [-0.2, 0) is 4.79 Å². The van der Waals surface area contributed by atoms with Crippen molar-refractivity contribution in [2.24, 2.45) is 11.8 Å². The van der Waals surface area contributed by atoms with E-state index in [1.165, 1.54) is 0 Å². The van der Waals surface area contributed by atoms with Gasteiger partial charge in [0, 0.05) is 6.54 Å². The third-order valence-corrected chi connectivity index (χ3v) is 3.71. The minimum atomic E-state index is 0.0373. The summed E-state index contributed by atoms with van der Waals surface area (Å²) in [4.78, 5) is 12.3. The second-order valence-electron chi connectivity index (χ2n) is 5.58. The number of aryl methyl sites for hydroxylation is 1. The fraction of sp³-hybridized carbons (Fsp3) is 0.562. The molecule has 0 saturated carbocycles. The summed E-state index contributed by atoms with van der Waals surface area (Å²) in [6.45, 7) is 8.52. The molecule has 4 heteroatoms. The lowest BCUT2D eigenvalue weighted by Crippen LogP contribution is -2.28. The van der Waals surface area contributed by atoms with E-state index in [4.69, 9.17) is 4.74 Å². The van der Waals surface area contributed by atoms with E-state index in [2.05, 4.69) is 24.5 Å². The van der Waals surface area contributed by atoms with Crippen molar-refractivity contribution >= 4 is 11.6 Å². The highest BCUT2D eigenvalue weighted by Gasteiger charge is 2.29. The Morgan fingerprint density at radius 3 is 2.90 bits per heavy atom. The van der Waals surface area contributed by atoms with Gasteiger partial charge in [0.05, 0.1) is 18.2 Å². The topological polar surface area (TPSA) is 50.4 Å². The Morgan fingerprint density at radius 2 is 2.25 bits per heavy atom. The van der Waals surface area contributed by atoms with Gasteiger partial charge in [-0.2, -0.15) is 0 Å². The number of anilines is 1. The van der Waals surface area contributed by atoms with Crippen LogP contribution in [0, 0.1) is 18.8 Å². The minimum Gasteiger partial charge on any atom is -0.491 e. The molecule has 1 amide bonds. The largest absolute Gasteiger partial charge is 0.491 e. The molecule has 1 fully saturated rings. The number of benzene rings is 1. The monoisotopic (exact) mass is 276 g/mol. The average molecular weight is 276 g/mol. The Kier molecular flexibility index (Phi) is 5.01. The first-order valence-electron chi connectivity index (χ1n) is 7.37. The fourth-order valence-corrected chi connectivity index (χ4v) is 2.45. The third-order valence-electron chi connectivity index (χ3n) is 3.71. The minimum absolute atomic E-state index is 0.0373. The summed E-state index contributed by atoms with van der Waals surface area (Å²) < 4.78 is 5.73. The Hall–Kier alpha value is -1.55. The molecule has 0 radical (unpaired) electrons. The van der Waals surface area contributed by atoms with E-state index in [0.717, 1.165) is 36.5 Å². The molecule has 2 rings (SSSR count). The van der Waals surface area contributed by atoms with Crippen molar-refractivity contribution in [1.29, 1.82) is 0 Å². The Balaban J connectivity index is 2.09. The molecule has 0 bridgehead atoms. The van der Waals surface area contributed by atoms with E-state index in [0.29, 0.717) is 12.5 Å². The zero-order valence-corrected chi connectivity index (χ0v) is 12.5. The first-order chi connectivity index (χ1) is 9.61. The summed E-state index contributed by atoms with van der Waals surface area (Å²) in [5.74, 6) is 1.25. The lowest BCUT2D eigenvalue weighted by atomic mass is 9.97. The average Bonchev–Trinajstić information content (AvgIpc) is 2.85. The summed E-state index contributed by atoms with van der Waals surface area (Å²) in [7, 11) is 0. The quantitative estimate of drug-likeness (QED) is 0.869. The summed E-state index contributed by atoms with van der Waals surface area (Å²) in [5, 5.41) is 6.27. The number of rotatable bonds is 5. The molecule has 0 unspecified atom stereocenters. The summed E-state index contributed by atoms with van der Waals surface area (Å²) in [5.41, 5.74) is 1.90. The molecule has 20 heavy (non-hydrogen) atoms. The predicted octanol–water partition coefficient (Wildman–Crippen LogP) is 2.58. The van der Waals surface area contributed by atoms with Gasteiger partial charge in [0.15, 0.2) is 0 Å². The molecule has 0 aromatic heterocycles. The first kappa shape index (κ1) is 14.9. The second-order valence-corrected chi connectivity index (χ2v) is 5.58. The van der Waals surface area contributed by atoms with Gasteiger partial charge in [0.25, 0.3) is 0 Å². The zero-order valence-electron chi connectivity index (χ0n) is 12.5. The Morgan fingerprint density at radius 1 is 1.45 bits per heavy atom. The molecule has 1 aromatic carbocycles. The second kappa shape index (κ2) is 6.75. The van der Waals surface area contributed by atoms with E-state index < -0.39 is 0 Å². The van der Waals surface area contributed by atoms with Crippen LogP contribution in [-0.4, -0.2) is 25.6 Å². The van der Waals surface area contributed by atoms with Gasteiger partial charge in [-0.3, -0.25) is 4.79 Å². The molecule has 1 saturated heterocycles. The van der Waals surface area contributed by atoms with E-state index in [1.807, 2.05) is 25.1 Å². The van der Waals surface area contributed by atoms with Gasteiger partial charge in [0.2, 0.25) is 5.91 Å². The molecule has 1 heterocycles. The molecule has 110 valence electrons. The van der Waals surface area contributed by atoms with Crippen LogP contribution in [0.3, 0.4) is 0 Å². The highest BCUT2D eigenvalue weighted by atomic mass is 16.5. The molecule has 1 aliphatic rings. The van der Waals surface area contributed by atoms with Crippen LogP contribution in [0.5, 0.6) is 5.75 Å². The molecule has 0 aliphatic carbocycles. The third kappa shape index (κ3) is 3.51. The Labute approximate surface area is 120 Å². The molecule has 4 nitrogen and oxygen atoms in total. The molecule has 1 aromatic rings. The van der Waals surface area contributed by atoms with Crippen molar-refractivity contribution in [2.45, 2.75) is 27.2 Å². The predicted molar refractivity (Wildman–Crippen MR) is 81.1 cm³/mol. The van der Waals surface area contributed by atoms with Crippen LogP contribution in [0.15, 0.2) is 18.2 Å². The summed E-state index contributed by atoms with van der Waals surface area (Å²) >= 11 is 0. The normalized spacial score (nSPS) is 21.8. The first-order valence-corrected chi connectivity index (χ1v) is 7.37. The van der Waals surface area contributed by atoms with Crippen molar-refractivity contribution < 1.29 is 9.53 Å². The highest BCUT2D eigenvalue weighted by Crippen LogP contribution is 2.27. The van der Waals surface area contributed by atoms with Crippen LogP contribution >= 0.6 is 0 Å². The SMILES string of the molecule is CCCOc1cc(C)ccc1NC(=O)[C@@H]1CNC[C@H]1C. The van der Waals surface area contributed by atoms with Crippen LogP contribution in [0.2, 0.25) is 0 Å². The number of amides is 1. The summed E-state index contributed by atoms with van der Waals surface area (Å²) in [6.07, 6.45) is 0.949.